The Balaban J connectivity index is 2.01. The fourth-order valence-corrected chi connectivity index (χ4v) is 3.60. The van der Waals surface area contributed by atoms with Crippen molar-refractivity contribution < 1.29 is 19.5 Å². The number of carboxylic acid groups (broad SMARTS) is 1. The van der Waals surface area contributed by atoms with Crippen molar-refractivity contribution in [3.8, 4) is 0 Å². The molecule has 154 valence electrons. The standard InChI is InChI=1S/C21H31N3O4/c1-4-13-24(14(2)3)19(25)17-7-5-6-8-18(17)23-21(28)22-16-11-9-15(10-12-16)20(26)27/h5-8,14-16H,4,9-13H2,1-3H3,(H,26,27)(H2,22,23,28). The van der Waals surface area contributed by atoms with Gasteiger partial charge in [-0.15, -0.1) is 0 Å². The zero-order chi connectivity index (χ0) is 20.7. The molecule has 2 rings (SSSR count). The highest BCUT2D eigenvalue weighted by Crippen LogP contribution is 2.25. The molecule has 1 aromatic rings. The molecule has 1 fully saturated rings. The molecule has 3 amide bonds. The Morgan fingerprint density at radius 3 is 2.36 bits per heavy atom. The fraction of sp³-hybridized carbons (Fsp3) is 0.571. The number of rotatable bonds is 7. The molecule has 28 heavy (non-hydrogen) atoms. The highest BCUT2D eigenvalue weighted by molar-refractivity contribution is 6.03. The number of carbonyl (C=O) groups is 3. The second-order valence-corrected chi connectivity index (χ2v) is 7.62. The van der Waals surface area contributed by atoms with Crippen LogP contribution in [-0.4, -0.2) is 46.5 Å². The third-order valence-corrected chi connectivity index (χ3v) is 5.17. The van der Waals surface area contributed by atoms with Crippen LogP contribution in [0.2, 0.25) is 0 Å². The predicted octanol–water partition coefficient (Wildman–Crippen LogP) is 3.71. The van der Waals surface area contributed by atoms with E-state index >= 15 is 0 Å². The van der Waals surface area contributed by atoms with E-state index in [4.69, 9.17) is 5.11 Å². The van der Waals surface area contributed by atoms with Gasteiger partial charge < -0.3 is 20.6 Å². The molecular weight excluding hydrogens is 358 g/mol. The SMILES string of the molecule is CCCN(C(=O)c1ccccc1NC(=O)NC1CCC(C(=O)O)CC1)C(C)C. The van der Waals surface area contributed by atoms with E-state index in [0.717, 1.165) is 6.42 Å². The molecule has 0 spiro atoms. The van der Waals surface area contributed by atoms with Crippen LogP contribution in [-0.2, 0) is 4.79 Å². The first-order valence-electron chi connectivity index (χ1n) is 10.0. The van der Waals surface area contributed by atoms with E-state index in [1.165, 1.54) is 0 Å². The van der Waals surface area contributed by atoms with Gasteiger partial charge in [-0.2, -0.15) is 0 Å². The summed E-state index contributed by atoms with van der Waals surface area (Å²) < 4.78 is 0. The van der Waals surface area contributed by atoms with Gasteiger partial charge in [-0.25, -0.2) is 4.79 Å². The van der Waals surface area contributed by atoms with Crippen LogP contribution in [0.4, 0.5) is 10.5 Å². The van der Waals surface area contributed by atoms with Crippen LogP contribution in [0, 0.1) is 5.92 Å². The highest BCUT2D eigenvalue weighted by atomic mass is 16.4. The van der Waals surface area contributed by atoms with Crippen molar-refractivity contribution in [2.45, 2.75) is 65.0 Å². The van der Waals surface area contributed by atoms with Crippen molar-refractivity contribution in [3.05, 3.63) is 29.8 Å². The van der Waals surface area contributed by atoms with E-state index < -0.39 is 5.97 Å². The average molecular weight is 389 g/mol. The Morgan fingerprint density at radius 1 is 1.14 bits per heavy atom. The number of benzene rings is 1. The summed E-state index contributed by atoms with van der Waals surface area (Å²) in [5, 5.41) is 14.8. The van der Waals surface area contributed by atoms with E-state index in [1.807, 2.05) is 20.8 Å². The molecule has 1 saturated carbocycles. The van der Waals surface area contributed by atoms with Crippen molar-refractivity contribution in [1.29, 1.82) is 0 Å². The van der Waals surface area contributed by atoms with Gasteiger partial charge in [-0.1, -0.05) is 19.1 Å². The third kappa shape index (κ3) is 5.71. The summed E-state index contributed by atoms with van der Waals surface area (Å²) >= 11 is 0. The number of para-hydroxylation sites is 1. The molecule has 1 aliphatic carbocycles. The minimum Gasteiger partial charge on any atom is -0.481 e. The molecule has 0 aromatic heterocycles. The first-order chi connectivity index (χ1) is 13.3. The number of hydrogen-bond acceptors (Lipinski definition) is 3. The number of hydrogen-bond donors (Lipinski definition) is 3. The lowest BCUT2D eigenvalue weighted by Gasteiger charge is -2.28. The second kappa shape index (κ2) is 10.1. The van der Waals surface area contributed by atoms with Gasteiger partial charge in [0.1, 0.15) is 0 Å². The highest BCUT2D eigenvalue weighted by Gasteiger charge is 2.27. The zero-order valence-corrected chi connectivity index (χ0v) is 16.9. The summed E-state index contributed by atoms with van der Waals surface area (Å²) in [4.78, 5) is 38.2. The van der Waals surface area contributed by atoms with Gasteiger partial charge in [0.2, 0.25) is 0 Å². The van der Waals surface area contributed by atoms with Crippen molar-refractivity contribution in [3.63, 3.8) is 0 Å². The Morgan fingerprint density at radius 2 is 1.79 bits per heavy atom. The van der Waals surface area contributed by atoms with Gasteiger partial charge in [-0.3, -0.25) is 9.59 Å². The van der Waals surface area contributed by atoms with E-state index in [-0.39, 0.29) is 29.9 Å². The molecule has 0 bridgehead atoms. The number of nitrogens with zero attached hydrogens (tertiary/aromatic N) is 1. The molecule has 1 aliphatic rings. The lowest BCUT2D eigenvalue weighted by molar-refractivity contribution is -0.142. The quantitative estimate of drug-likeness (QED) is 0.662. The van der Waals surface area contributed by atoms with Crippen LogP contribution in [0.3, 0.4) is 0 Å². The van der Waals surface area contributed by atoms with Crippen LogP contribution in [0.1, 0.15) is 63.2 Å². The maximum atomic E-state index is 13.0. The number of carboxylic acids is 1. The Bertz CT molecular complexity index is 697. The maximum absolute atomic E-state index is 13.0. The van der Waals surface area contributed by atoms with E-state index in [1.54, 1.807) is 29.2 Å². The van der Waals surface area contributed by atoms with Crippen LogP contribution in [0.15, 0.2) is 24.3 Å². The Hall–Kier alpha value is -2.57. The molecule has 0 saturated heterocycles. The van der Waals surface area contributed by atoms with Gasteiger partial charge >= 0.3 is 12.0 Å². The maximum Gasteiger partial charge on any atom is 0.319 e. The first-order valence-corrected chi connectivity index (χ1v) is 10.0. The van der Waals surface area contributed by atoms with Crippen LogP contribution < -0.4 is 10.6 Å². The smallest absolute Gasteiger partial charge is 0.319 e. The topological polar surface area (TPSA) is 98.7 Å². The first kappa shape index (κ1) is 21.7. The summed E-state index contributed by atoms with van der Waals surface area (Å²) in [5.41, 5.74) is 0.945. The Kier molecular flexibility index (Phi) is 7.84. The summed E-state index contributed by atoms with van der Waals surface area (Å²) in [5.74, 6) is -1.19. The van der Waals surface area contributed by atoms with Crippen molar-refractivity contribution in [2.24, 2.45) is 5.92 Å². The van der Waals surface area contributed by atoms with E-state index in [0.29, 0.717) is 43.5 Å². The average Bonchev–Trinajstić information content (AvgIpc) is 2.66. The monoisotopic (exact) mass is 389 g/mol. The lowest BCUT2D eigenvalue weighted by Crippen LogP contribution is -2.41. The van der Waals surface area contributed by atoms with Gasteiger partial charge in [0.25, 0.3) is 5.91 Å². The molecule has 0 radical (unpaired) electrons. The molecule has 3 N–H and O–H groups in total. The van der Waals surface area contributed by atoms with Crippen LogP contribution in [0.25, 0.3) is 0 Å². The summed E-state index contributed by atoms with van der Waals surface area (Å²) in [6, 6.07) is 6.66. The van der Waals surface area contributed by atoms with Crippen molar-refractivity contribution in [2.75, 3.05) is 11.9 Å². The van der Waals surface area contributed by atoms with Crippen molar-refractivity contribution in [1.82, 2.24) is 10.2 Å². The minimum atomic E-state index is -0.767. The molecule has 0 atom stereocenters. The molecule has 0 unspecified atom stereocenters. The second-order valence-electron chi connectivity index (χ2n) is 7.62. The normalized spacial score (nSPS) is 19.1. The number of urea groups is 1. The molecule has 7 nitrogen and oxygen atoms in total. The van der Waals surface area contributed by atoms with Gasteiger partial charge in [0, 0.05) is 18.6 Å². The minimum absolute atomic E-state index is 0.0503. The third-order valence-electron chi connectivity index (χ3n) is 5.17. The number of anilines is 1. The molecule has 0 aliphatic heterocycles. The van der Waals surface area contributed by atoms with Gasteiger partial charge in [-0.05, 0) is 58.1 Å². The largest absolute Gasteiger partial charge is 0.481 e. The lowest BCUT2D eigenvalue weighted by atomic mass is 9.86. The fourth-order valence-electron chi connectivity index (χ4n) is 3.60. The van der Waals surface area contributed by atoms with Crippen molar-refractivity contribution >= 4 is 23.6 Å². The zero-order valence-electron chi connectivity index (χ0n) is 16.9. The number of nitrogens with one attached hydrogen (secondary N) is 2. The molecule has 1 aromatic carbocycles. The number of aliphatic carboxylic acids is 1. The van der Waals surface area contributed by atoms with E-state index in [2.05, 4.69) is 10.6 Å². The predicted molar refractivity (Wildman–Crippen MR) is 108 cm³/mol. The Labute approximate surface area is 166 Å². The molecule has 0 heterocycles. The molecule has 7 heteroatoms. The van der Waals surface area contributed by atoms with Crippen LogP contribution >= 0.6 is 0 Å². The summed E-state index contributed by atoms with van der Waals surface area (Å²) in [7, 11) is 0. The van der Waals surface area contributed by atoms with Crippen LogP contribution in [0.5, 0.6) is 0 Å². The molecular formula is C21H31N3O4. The summed E-state index contributed by atoms with van der Waals surface area (Å²) in [6.45, 7) is 6.64. The van der Waals surface area contributed by atoms with Gasteiger partial charge in [0.15, 0.2) is 0 Å². The van der Waals surface area contributed by atoms with E-state index in [9.17, 15) is 14.4 Å². The van der Waals surface area contributed by atoms with Gasteiger partial charge in [0.05, 0.1) is 17.2 Å². The number of carbonyl (C=O) groups excluding carboxylic acids is 2. The summed E-state index contributed by atoms with van der Waals surface area (Å²) in [6.07, 6.45) is 3.27. The number of amides is 3.